The van der Waals surface area contributed by atoms with Gasteiger partial charge in [-0.25, -0.2) is 13.5 Å². The van der Waals surface area contributed by atoms with Crippen molar-refractivity contribution in [3.63, 3.8) is 0 Å². The number of aromatic nitrogens is 2. The molecule has 0 amide bonds. The van der Waals surface area contributed by atoms with Crippen LogP contribution in [-0.2, 0) is 11.3 Å². The van der Waals surface area contributed by atoms with Crippen LogP contribution in [0.1, 0.15) is 43.9 Å². The van der Waals surface area contributed by atoms with E-state index in [0.717, 1.165) is 36.9 Å². The van der Waals surface area contributed by atoms with Gasteiger partial charge in [0, 0.05) is 25.7 Å². The van der Waals surface area contributed by atoms with Gasteiger partial charge in [-0.1, -0.05) is 13.3 Å². The van der Waals surface area contributed by atoms with Gasteiger partial charge in [0.25, 0.3) is 0 Å². The molecule has 1 saturated carbocycles. The Morgan fingerprint density at radius 3 is 2.37 bits per heavy atom. The number of halogens is 2. The zero-order valence-electron chi connectivity index (χ0n) is 20.3. The molecule has 8 heteroatoms. The summed E-state index contributed by atoms with van der Waals surface area (Å²) in [5.41, 5.74) is 2.29. The Morgan fingerprint density at radius 1 is 1.09 bits per heavy atom. The van der Waals surface area contributed by atoms with Crippen LogP contribution >= 0.6 is 0 Å². The van der Waals surface area contributed by atoms with Gasteiger partial charge < -0.3 is 14.6 Å². The third kappa shape index (κ3) is 6.87. The van der Waals surface area contributed by atoms with E-state index in [2.05, 4.69) is 16.9 Å². The van der Waals surface area contributed by atoms with E-state index in [1.165, 1.54) is 24.3 Å². The molecule has 1 aromatic heterocycles. The van der Waals surface area contributed by atoms with Crippen LogP contribution in [0.4, 0.5) is 8.78 Å². The minimum absolute atomic E-state index is 0.302. The highest BCUT2D eigenvalue weighted by Gasteiger charge is 2.32. The molecule has 35 heavy (non-hydrogen) atoms. The van der Waals surface area contributed by atoms with Crippen molar-refractivity contribution in [2.24, 2.45) is 0 Å². The highest BCUT2D eigenvalue weighted by atomic mass is 19.1. The van der Waals surface area contributed by atoms with Crippen molar-refractivity contribution < 1.29 is 23.4 Å². The van der Waals surface area contributed by atoms with E-state index in [1.807, 2.05) is 6.92 Å². The van der Waals surface area contributed by atoms with Gasteiger partial charge in [-0.2, -0.15) is 5.10 Å². The molecule has 188 valence electrons. The molecule has 0 bridgehead atoms. The van der Waals surface area contributed by atoms with Gasteiger partial charge in [0.1, 0.15) is 17.4 Å². The van der Waals surface area contributed by atoms with Crippen molar-refractivity contribution in [3.8, 4) is 17.3 Å². The summed E-state index contributed by atoms with van der Waals surface area (Å²) in [5.74, 6) is 0.267. The maximum absolute atomic E-state index is 13.6. The second-order valence-corrected chi connectivity index (χ2v) is 9.06. The lowest BCUT2D eigenvalue weighted by Gasteiger charge is -2.25. The standard InChI is InChI=1S/C27H33F2N3O3/c1-3-4-15-34-18-24(33)16-31(22-11-12-22)17-26-19(2)30-32(23-9-5-20(28)6-10-23)27(26)35-25-13-7-21(29)8-14-25/h5-10,13-14,22,24,33H,3-4,11-12,15-18H2,1-2H3. The smallest absolute Gasteiger partial charge is 0.227 e. The average molecular weight is 486 g/mol. The summed E-state index contributed by atoms with van der Waals surface area (Å²) in [6.07, 6.45) is 3.58. The van der Waals surface area contributed by atoms with Crippen LogP contribution in [0, 0.1) is 18.6 Å². The minimum Gasteiger partial charge on any atom is -0.439 e. The van der Waals surface area contributed by atoms with Crippen LogP contribution in [0.3, 0.4) is 0 Å². The van der Waals surface area contributed by atoms with Crippen molar-refractivity contribution in [1.82, 2.24) is 14.7 Å². The molecule has 1 unspecified atom stereocenters. The summed E-state index contributed by atoms with van der Waals surface area (Å²) in [6.45, 7) is 5.97. The first-order valence-electron chi connectivity index (χ1n) is 12.2. The molecule has 6 nitrogen and oxygen atoms in total. The average Bonchev–Trinajstić information content (AvgIpc) is 3.65. The molecule has 0 radical (unpaired) electrons. The summed E-state index contributed by atoms with van der Waals surface area (Å²) >= 11 is 0. The highest BCUT2D eigenvalue weighted by Crippen LogP contribution is 2.35. The van der Waals surface area contributed by atoms with E-state index in [9.17, 15) is 13.9 Å². The Morgan fingerprint density at radius 2 is 1.74 bits per heavy atom. The number of ether oxygens (including phenoxy) is 2. The molecular formula is C27H33F2N3O3. The maximum Gasteiger partial charge on any atom is 0.227 e. The predicted molar refractivity (Wildman–Crippen MR) is 130 cm³/mol. The number of aliphatic hydroxyl groups excluding tert-OH is 1. The second kappa shape index (κ2) is 11.7. The quantitative estimate of drug-likeness (QED) is 0.329. The molecule has 1 N–H and O–H groups in total. The third-order valence-corrected chi connectivity index (χ3v) is 6.06. The van der Waals surface area contributed by atoms with E-state index in [1.54, 1.807) is 28.9 Å². The van der Waals surface area contributed by atoms with Gasteiger partial charge in [-0.15, -0.1) is 0 Å². The monoisotopic (exact) mass is 485 g/mol. The van der Waals surface area contributed by atoms with Crippen molar-refractivity contribution in [2.75, 3.05) is 19.8 Å². The molecule has 1 fully saturated rings. The van der Waals surface area contributed by atoms with Crippen LogP contribution in [0.15, 0.2) is 48.5 Å². The van der Waals surface area contributed by atoms with Crippen molar-refractivity contribution >= 4 is 0 Å². The first kappa shape index (κ1) is 25.3. The first-order chi connectivity index (χ1) is 16.9. The second-order valence-electron chi connectivity index (χ2n) is 9.06. The zero-order valence-corrected chi connectivity index (χ0v) is 20.3. The Hall–Kier alpha value is -2.81. The number of aliphatic hydroxyl groups is 1. The number of benzene rings is 2. The lowest BCUT2D eigenvalue weighted by Crippen LogP contribution is -2.36. The van der Waals surface area contributed by atoms with E-state index in [4.69, 9.17) is 9.47 Å². The summed E-state index contributed by atoms with van der Waals surface area (Å²) in [6, 6.07) is 12.2. The Kier molecular flexibility index (Phi) is 8.49. The molecule has 3 aromatic rings. The van der Waals surface area contributed by atoms with Crippen molar-refractivity contribution in [3.05, 3.63) is 71.4 Å². The molecule has 1 heterocycles. The lowest BCUT2D eigenvalue weighted by molar-refractivity contribution is 0.0127. The van der Waals surface area contributed by atoms with E-state index >= 15 is 0 Å². The molecule has 0 spiro atoms. The maximum atomic E-state index is 13.6. The number of aryl methyl sites for hydroxylation is 1. The Balaban J connectivity index is 1.59. The molecule has 2 aromatic carbocycles. The molecule has 1 atom stereocenters. The normalized spacial score (nSPS) is 14.5. The Bertz CT molecular complexity index is 1080. The predicted octanol–water partition coefficient (Wildman–Crippen LogP) is 5.39. The van der Waals surface area contributed by atoms with E-state index < -0.39 is 6.10 Å². The number of nitrogens with zero attached hydrogens (tertiary/aromatic N) is 3. The largest absolute Gasteiger partial charge is 0.439 e. The lowest BCUT2D eigenvalue weighted by atomic mass is 10.2. The van der Waals surface area contributed by atoms with E-state index in [0.29, 0.717) is 49.7 Å². The first-order valence-corrected chi connectivity index (χ1v) is 12.2. The molecule has 4 rings (SSSR count). The van der Waals surface area contributed by atoms with Gasteiger partial charge in [0.15, 0.2) is 0 Å². The number of unbranched alkanes of at least 4 members (excludes halogenated alkanes) is 1. The van der Waals surface area contributed by atoms with Crippen LogP contribution in [0.25, 0.3) is 5.69 Å². The zero-order chi connectivity index (χ0) is 24.8. The summed E-state index contributed by atoms with van der Waals surface area (Å²) < 4.78 is 40.5. The van der Waals surface area contributed by atoms with Crippen LogP contribution < -0.4 is 4.74 Å². The highest BCUT2D eigenvalue weighted by molar-refractivity contribution is 5.43. The van der Waals surface area contributed by atoms with Gasteiger partial charge >= 0.3 is 0 Å². The fourth-order valence-electron chi connectivity index (χ4n) is 3.97. The fraction of sp³-hybridized carbons (Fsp3) is 0.444. The molecule has 1 aliphatic rings. The molecule has 1 aliphatic carbocycles. The van der Waals surface area contributed by atoms with Crippen LogP contribution in [-0.4, -0.2) is 51.7 Å². The summed E-state index contributed by atoms with van der Waals surface area (Å²) in [5, 5.41) is 15.3. The molecule has 0 aliphatic heterocycles. The SMILES string of the molecule is CCCCOCC(O)CN(Cc1c(C)nn(-c2ccc(F)cc2)c1Oc1ccc(F)cc1)C1CC1. The van der Waals surface area contributed by atoms with Crippen LogP contribution in [0.2, 0.25) is 0 Å². The summed E-state index contributed by atoms with van der Waals surface area (Å²) in [4.78, 5) is 2.24. The topological polar surface area (TPSA) is 59.8 Å². The van der Waals surface area contributed by atoms with Crippen molar-refractivity contribution in [1.29, 1.82) is 0 Å². The Labute approximate surface area is 205 Å². The minimum atomic E-state index is -0.596. The third-order valence-electron chi connectivity index (χ3n) is 6.06. The number of hydrogen-bond acceptors (Lipinski definition) is 5. The molecule has 0 saturated heterocycles. The number of hydrogen-bond donors (Lipinski definition) is 1. The fourth-order valence-corrected chi connectivity index (χ4v) is 3.97. The van der Waals surface area contributed by atoms with E-state index in [-0.39, 0.29) is 11.6 Å². The molecular weight excluding hydrogens is 452 g/mol. The van der Waals surface area contributed by atoms with Gasteiger partial charge in [0.2, 0.25) is 5.88 Å². The van der Waals surface area contributed by atoms with Gasteiger partial charge in [-0.05, 0) is 74.7 Å². The van der Waals surface area contributed by atoms with Gasteiger partial charge in [0.05, 0.1) is 29.7 Å². The number of rotatable bonds is 13. The van der Waals surface area contributed by atoms with Crippen molar-refractivity contribution in [2.45, 2.75) is 58.2 Å². The van der Waals surface area contributed by atoms with Crippen LogP contribution in [0.5, 0.6) is 11.6 Å². The van der Waals surface area contributed by atoms with Gasteiger partial charge in [-0.3, -0.25) is 4.90 Å². The summed E-state index contributed by atoms with van der Waals surface area (Å²) in [7, 11) is 0.